The van der Waals surface area contributed by atoms with E-state index in [1.165, 1.54) is 6.92 Å². The minimum atomic E-state index is -1.68. The largest absolute Gasteiger partial charge is 0.394 e. The number of hydrogen-bond acceptors (Lipinski definition) is 6. The lowest BCUT2D eigenvalue weighted by molar-refractivity contribution is -0.113. The van der Waals surface area contributed by atoms with Gasteiger partial charge in [-0.2, -0.15) is 0 Å². The van der Waals surface area contributed by atoms with E-state index in [9.17, 15) is 20.1 Å². The summed E-state index contributed by atoms with van der Waals surface area (Å²) in [7, 11) is 0. The van der Waals surface area contributed by atoms with Crippen LogP contribution in [0.2, 0.25) is 0 Å². The molecule has 15 heavy (non-hydrogen) atoms. The highest BCUT2D eigenvalue weighted by Crippen LogP contribution is 2.06. The standard InChI is InChI=1S/C9H16O6/c1-5(11)2-3-6(12)8(14)9(15)7(13)4-10/h2-3,6-10,12-15H,4H2,1H3/b3-2+/t6-,7?,8+,9+/m0/s1. The number of ketones is 1. The lowest BCUT2D eigenvalue weighted by Gasteiger charge is -2.23. The second-order valence-corrected chi connectivity index (χ2v) is 3.19. The number of hydrogen-bond donors (Lipinski definition) is 5. The third-order valence-corrected chi connectivity index (χ3v) is 1.81. The van der Waals surface area contributed by atoms with E-state index < -0.39 is 31.0 Å². The molecule has 88 valence electrons. The molecule has 0 fully saturated rings. The normalized spacial score (nSPS) is 19.9. The summed E-state index contributed by atoms with van der Waals surface area (Å²) in [6.07, 6.45) is -4.33. The van der Waals surface area contributed by atoms with E-state index in [1.54, 1.807) is 0 Å². The highest BCUT2D eigenvalue weighted by Gasteiger charge is 2.28. The molecule has 0 aromatic rings. The van der Waals surface area contributed by atoms with E-state index in [0.717, 1.165) is 12.2 Å². The topological polar surface area (TPSA) is 118 Å². The van der Waals surface area contributed by atoms with Crippen molar-refractivity contribution >= 4 is 5.78 Å². The van der Waals surface area contributed by atoms with Gasteiger partial charge in [-0.1, -0.05) is 0 Å². The Morgan fingerprint density at radius 2 is 1.73 bits per heavy atom. The summed E-state index contributed by atoms with van der Waals surface area (Å²) < 4.78 is 0. The summed E-state index contributed by atoms with van der Waals surface area (Å²) in [4.78, 5) is 10.5. The quantitative estimate of drug-likeness (QED) is 0.318. The van der Waals surface area contributed by atoms with Crippen LogP contribution in [0.5, 0.6) is 0 Å². The van der Waals surface area contributed by atoms with Crippen LogP contribution in [-0.4, -0.2) is 62.3 Å². The molecule has 0 saturated heterocycles. The smallest absolute Gasteiger partial charge is 0.152 e. The monoisotopic (exact) mass is 220 g/mol. The highest BCUT2D eigenvalue weighted by molar-refractivity contribution is 5.87. The number of carbonyl (C=O) groups is 1. The maximum Gasteiger partial charge on any atom is 0.152 e. The molecule has 0 saturated carbocycles. The van der Waals surface area contributed by atoms with Crippen LogP contribution in [0, 0.1) is 0 Å². The summed E-state index contributed by atoms with van der Waals surface area (Å²) in [5, 5.41) is 45.1. The summed E-state index contributed by atoms with van der Waals surface area (Å²) >= 11 is 0. The van der Waals surface area contributed by atoms with Gasteiger partial charge in [0.2, 0.25) is 0 Å². The Kier molecular flexibility index (Phi) is 6.30. The maximum absolute atomic E-state index is 10.5. The van der Waals surface area contributed by atoms with Crippen molar-refractivity contribution in [1.82, 2.24) is 0 Å². The lowest BCUT2D eigenvalue weighted by Crippen LogP contribution is -2.45. The molecule has 0 aromatic heterocycles. The molecule has 0 rings (SSSR count). The van der Waals surface area contributed by atoms with Gasteiger partial charge in [-0.05, 0) is 19.1 Å². The molecule has 0 aromatic carbocycles. The van der Waals surface area contributed by atoms with Crippen LogP contribution in [0.15, 0.2) is 12.2 Å². The third-order valence-electron chi connectivity index (χ3n) is 1.81. The molecule has 0 aliphatic carbocycles. The number of carbonyl (C=O) groups excluding carboxylic acids is 1. The number of allylic oxidation sites excluding steroid dienone is 1. The molecule has 4 atom stereocenters. The van der Waals surface area contributed by atoms with Crippen molar-refractivity contribution in [3.63, 3.8) is 0 Å². The highest BCUT2D eigenvalue weighted by atomic mass is 16.4. The Labute approximate surface area is 87.1 Å². The minimum absolute atomic E-state index is 0.321. The summed E-state index contributed by atoms with van der Waals surface area (Å²) in [6.45, 7) is 0.524. The average molecular weight is 220 g/mol. The molecule has 0 bridgehead atoms. The van der Waals surface area contributed by atoms with Gasteiger partial charge in [0, 0.05) is 0 Å². The molecule has 5 N–H and O–H groups in total. The van der Waals surface area contributed by atoms with Crippen molar-refractivity contribution in [3.8, 4) is 0 Å². The number of rotatable bonds is 6. The predicted molar refractivity (Wildman–Crippen MR) is 50.9 cm³/mol. The van der Waals surface area contributed by atoms with Gasteiger partial charge in [0.15, 0.2) is 5.78 Å². The zero-order valence-electron chi connectivity index (χ0n) is 8.32. The summed E-state index contributed by atoms with van der Waals surface area (Å²) in [5.41, 5.74) is 0. The van der Waals surface area contributed by atoms with E-state index in [4.69, 9.17) is 10.2 Å². The Morgan fingerprint density at radius 1 is 1.20 bits per heavy atom. The summed E-state index contributed by atoms with van der Waals surface area (Å²) in [6, 6.07) is 0. The molecule has 0 aliphatic heterocycles. The van der Waals surface area contributed by atoms with Gasteiger partial charge in [-0.15, -0.1) is 0 Å². The molecule has 0 amide bonds. The molecule has 1 unspecified atom stereocenters. The zero-order chi connectivity index (χ0) is 12.0. The van der Waals surface area contributed by atoms with Gasteiger partial charge in [-0.25, -0.2) is 0 Å². The molecule has 6 nitrogen and oxygen atoms in total. The summed E-state index contributed by atoms with van der Waals surface area (Å²) in [5.74, 6) is -0.321. The average Bonchev–Trinajstić information content (AvgIpc) is 2.22. The Balaban J connectivity index is 4.30. The third kappa shape index (κ3) is 5.01. The lowest BCUT2D eigenvalue weighted by atomic mass is 10.0. The Hall–Kier alpha value is -0.790. The van der Waals surface area contributed by atoms with E-state index in [-0.39, 0.29) is 5.78 Å². The first-order chi connectivity index (χ1) is 6.90. The Bertz CT molecular complexity index is 227. The Morgan fingerprint density at radius 3 is 2.13 bits per heavy atom. The first kappa shape index (κ1) is 14.2. The van der Waals surface area contributed by atoms with Crippen LogP contribution in [0.3, 0.4) is 0 Å². The fraction of sp³-hybridized carbons (Fsp3) is 0.667. The van der Waals surface area contributed by atoms with Crippen molar-refractivity contribution in [3.05, 3.63) is 12.2 Å². The van der Waals surface area contributed by atoms with E-state index >= 15 is 0 Å². The van der Waals surface area contributed by atoms with Crippen LogP contribution in [0.4, 0.5) is 0 Å². The van der Waals surface area contributed by atoms with Gasteiger partial charge in [0.05, 0.1) is 6.61 Å². The maximum atomic E-state index is 10.5. The van der Waals surface area contributed by atoms with Crippen LogP contribution in [-0.2, 0) is 4.79 Å². The zero-order valence-corrected chi connectivity index (χ0v) is 8.32. The van der Waals surface area contributed by atoms with Gasteiger partial charge in [-0.3, -0.25) is 4.79 Å². The fourth-order valence-electron chi connectivity index (χ4n) is 0.886. The van der Waals surface area contributed by atoms with Crippen LogP contribution in [0.25, 0.3) is 0 Å². The molecule has 0 heterocycles. The van der Waals surface area contributed by atoms with Crippen molar-refractivity contribution < 1.29 is 30.3 Å². The van der Waals surface area contributed by atoms with E-state index in [1.807, 2.05) is 0 Å². The fourth-order valence-corrected chi connectivity index (χ4v) is 0.886. The van der Waals surface area contributed by atoms with Gasteiger partial charge in [0.25, 0.3) is 0 Å². The number of aliphatic hydroxyl groups excluding tert-OH is 5. The van der Waals surface area contributed by atoms with Crippen molar-refractivity contribution in [2.24, 2.45) is 0 Å². The molecular formula is C9H16O6. The van der Waals surface area contributed by atoms with Crippen molar-refractivity contribution in [2.75, 3.05) is 6.61 Å². The number of aliphatic hydroxyl groups is 5. The first-order valence-electron chi connectivity index (χ1n) is 4.42. The molecule has 6 heteroatoms. The molecule has 0 radical (unpaired) electrons. The van der Waals surface area contributed by atoms with Gasteiger partial charge in [0.1, 0.15) is 24.4 Å². The molecular weight excluding hydrogens is 204 g/mol. The van der Waals surface area contributed by atoms with Crippen LogP contribution >= 0.6 is 0 Å². The van der Waals surface area contributed by atoms with Crippen LogP contribution < -0.4 is 0 Å². The molecule has 0 spiro atoms. The van der Waals surface area contributed by atoms with Gasteiger partial charge < -0.3 is 25.5 Å². The second-order valence-electron chi connectivity index (χ2n) is 3.19. The SMILES string of the molecule is CC(=O)/C=C/[C@H](O)[C@@H](O)[C@H](O)C(O)CO. The minimum Gasteiger partial charge on any atom is -0.394 e. The predicted octanol–water partition coefficient (Wildman–Crippen LogP) is -2.43. The van der Waals surface area contributed by atoms with E-state index in [0.29, 0.717) is 0 Å². The van der Waals surface area contributed by atoms with E-state index in [2.05, 4.69) is 0 Å². The second kappa shape index (κ2) is 6.65. The first-order valence-corrected chi connectivity index (χ1v) is 4.42. The van der Waals surface area contributed by atoms with Crippen molar-refractivity contribution in [2.45, 2.75) is 31.3 Å². The van der Waals surface area contributed by atoms with Crippen LogP contribution in [0.1, 0.15) is 6.92 Å². The van der Waals surface area contributed by atoms with Crippen molar-refractivity contribution in [1.29, 1.82) is 0 Å². The van der Waals surface area contributed by atoms with Gasteiger partial charge >= 0.3 is 0 Å². The molecule has 0 aliphatic rings.